The number of halogens is 3. The highest BCUT2D eigenvalue weighted by molar-refractivity contribution is 5.35. The SMILES string of the molecule is CN(CC1CCc2nc(C(F)(F)F)cn2C1)C1Cc2ccccc2C1O. The van der Waals surface area contributed by atoms with Gasteiger partial charge in [0.2, 0.25) is 0 Å². The molecule has 0 saturated carbocycles. The Labute approximate surface area is 150 Å². The van der Waals surface area contributed by atoms with Crippen molar-refractivity contribution in [2.24, 2.45) is 5.92 Å². The summed E-state index contributed by atoms with van der Waals surface area (Å²) < 4.78 is 40.2. The summed E-state index contributed by atoms with van der Waals surface area (Å²) in [5, 5.41) is 10.6. The van der Waals surface area contributed by atoms with Crippen LogP contribution in [0, 0.1) is 5.92 Å². The number of fused-ring (bicyclic) bond motifs is 2. The molecule has 4 rings (SSSR count). The van der Waals surface area contributed by atoms with Crippen LogP contribution in [-0.2, 0) is 25.6 Å². The van der Waals surface area contributed by atoms with E-state index in [0.717, 1.165) is 31.1 Å². The minimum Gasteiger partial charge on any atom is -0.387 e. The van der Waals surface area contributed by atoms with Gasteiger partial charge in [-0.1, -0.05) is 24.3 Å². The van der Waals surface area contributed by atoms with Crippen molar-refractivity contribution in [2.75, 3.05) is 13.6 Å². The highest BCUT2D eigenvalue weighted by Gasteiger charge is 2.37. The van der Waals surface area contributed by atoms with E-state index in [1.165, 1.54) is 5.56 Å². The lowest BCUT2D eigenvalue weighted by molar-refractivity contribution is -0.141. The van der Waals surface area contributed by atoms with E-state index in [9.17, 15) is 18.3 Å². The number of rotatable bonds is 3. The number of imidazole rings is 1. The van der Waals surface area contributed by atoms with Crippen molar-refractivity contribution in [3.63, 3.8) is 0 Å². The van der Waals surface area contributed by atoms with Crippen LogP contribution in [0.2, 0.25) is 0 Å². The molecule has 1 aliphatic heterocycles. The van der Waals surface area contributed by atoms with E-state index in [2.05, 4.69) is 9.88 Å². The van der Waals surface area contributed by atoms with Crippen LogP contribution in [0.25, 0.3) is 0 Å². The molecule has 1 aromatic heterocycles. The van der Waals surface area contributed by atoms with Crippen LogP contribution in [0.15, 0.2) is 30.5 Å². The van der Waals surface area contributed by atoms with Crippen molar-refractivity contribution in [1.82, 2.24) is 14.5 Å². The summed E-state index contributed by atoms with van der Waals surface area (Å²) in [5.41, 5.74) is 1.36. The number of benzene rings is 1. The predicted molar refractivity (Wildman–Crippen MR) is 90.6 cm³/mol. The minimum absolute atomic E-state index is 0.0160. The molecule has 1 N–H and O–H groups in total. The molecule has 7 heteroatoms. The summed E-state index contributed by atoms with van der Waals surface area (Å²) in [6, 6.07) is 7.94. The molecular formula is C19H22F3N3O. The van der Waals surface area contributed by atoms with Gasteiger partial charge >= 0.3 is 6.18 Å². The normalized spacial score (nSPS) is 25.4. The summed E-state index contributed by atoms with van der Waals surface area (Å²) >= 11 is 0. The molecular weight excluding hydrogens is 343 g/mol. The standard InChI is InChI=1S/C19H22F3N3O/c1-24(15-8-13-4-2-3-5-14(13)18(15)26)9-12-6-7-17-23-16(19(20,21)22)11-25(17)10-12/h2-5,11-12,15,18,26H,6-10H2,1H3. The Bertz CT molecular complexity index is 802. The Hall–Kier alpha value is -1.86. The van der Waals surface area contributed by atoms with E-state index < -0.39 is 18.0 Å². The fourth-order valence-electron chi connectivity index (χ4n) is 4.29. The van der Waals surface area contributed by atoms with Crippen molar-refractivity contribution < 1.29 is 18.3 Å². The molecule has 1 aromatic carbocycles. The van der Waals surface area contributed by atoms with Crippen molar-refractivity contribution in [2.45, 2.75) is 44.1 Å². The third-order valence-electron chi connectivity index (χ3n) is 5.66. The van der Waals surface area contributed by atoms with Gasteiger partial charge < -0.3 is 9.67 Å². The molecule has 0 spiro atoms. The molecule has 26 heavy (non-hydrogen) atoms. The second-order valence-corrected chi connectivity index (χ2v) is 7.45. The molecule has 2 aliphatic rings. The molecule has 0 fully saturated rings. The van der Waals surface area contributed by atoms with E-state index in [0.29, 0.717) is 18.8 Å². The molecule has 3 unspecified atom stereocenters. The first-order chi connectivity index (χ1) is 12.3. The average molecular weight is 365 g/mol. The molecule has 1 aliphatic carbocycles. The van der Waals surface area contributed by atoms with E-state index in [1.807, 2.05) is 31.3 Å². The number of alkyl halides is 3. The Morgan fingerprint density at radius 3 is 2.81 bits per heavy atom. The zero-order chi connectivity index (χ0) is 18.5. The number of hydrogen-bond acceptors (Lipinski definition) is 3. The molecule has 0 bridgehead atoms. The van der Waals surface area contributed by atoms with Gasteiger partial charge in [-0.05, 0) is 36.9 Å². The van der Waals surface area contributed by atoms with E-state index in [-0.39, 0.29) is 12.0 Å². The van der Waals surface area contributed by atoms with Gasteiger partial charge in [-0.2, -0.15) is 13.2 Å². The first-order valence-electron chi connectivity index (χ1n) is 8.92. The van der Waals surface area contributed by atoms with E-state index in [4.69, 9.17) is 0 Å². The van der Waals surface area contributed by atoms with Crippen LogP contribution < -0.4 is 0 Å². The van der Waals surface area contributed by atoms with Crippen LogP contribution in [-0.4, -0.2) is 39.2 Å². The molecule has 0 saturated heterocycles. The maximum atomic E-state index is 12.8. The zero-order valence-corrected chi connectivity index (χ0v) is 14.6. The number of nitrogens with zero attached hydrogens (tertiary/aromatic N) is 3. The molecule has 2 heterocycles. The van der Waals surface area contributed by atoms with Gasteiger partial charge in [0.25, 0.3) is 0 Å². The smallest absolute Gasteiger partial charge is 0.387 e. The molecule has 0 radical (unpaired) electrons. The van der Waals surface area contributed by atoms with Gasteiger partial charge in [0.05, 0.1) is 6.10 Å². The van der Waals surface area contributed by atoms with Gasteiger partial charge in [-0.15, -0.1) is 0 Å². The largest absolute Gasteiger partial charge is 0.434 e. The molecule has 0 amide bonds. The van der Waals surface area contributed by atoms with Crippen molar-refractivity contribution in [3.8, 4) is 0 Å². The molecule has 140 valence electrons. The van der Waals surface area contributed by atoms with Crippen LogP contribution in [0.3, 0.4) is 0 Å². The monoisotopic (exact) mass is 365 g/mol. The summed E-state index contributed by atoms with van der Waals surface area (Å²) in [6.07, 6.45) is -1.61. The lowest BCUT2D eigenvalue weighted by Gasteiger charge is -2.32. The third kappa shape index (κ3) is 3.14. The van der Waals surface area contributed by atoms with Crippen LogP contribution in [0.4, 0.5) is 13.2 Å². The molecule has 3 atom stereocenters. The topological polar surface area (TPSA) is 41.3 Å². The van der Waals surface area contributed by atoms with E-state index >= 15 is 0 Å². The first-order valence-corrected chi connectivity index (χ1v) is 8.92. The van der Waals surface area contributed by atoms with Crippen LogP contribution in [0.1, 0.15) is 35.2 Å². The highest BCUT2D eigenvalue weighted by atomic mass is 19.4. The maximum absolute atomic E-state index is 12.8. The number of aryl methyl sites for hydroxylation is 1. The van der Waals surface area contributed by atoms with Crippen molar-refractivity contribution in [1.29, 1.82) is 0 Å². The number of likely N-dealkylation sites (N-methyl/N-ethyl adjacent to an activating group) is 1. The average Bonchev–Trinajstić information content (AvgIpc) is 3.16. The quantitative estimate of drug-likeness (QED) is 0.909. The van der Waals surface area contributed by atoms with Gasteiger partial charge in [-0.3, -0.25) is 4.90 Å². The van der Waals surface area contributed by atoms with Gasteiger partial charge in [0, 0.05) is 31.7 Å². The van der Waals surface area contributed by atoms with Crippen molar-refractivity contribution >= 4 is 0 Å². The van der Waals surface area contributed by atoms with E-state index in [1.54, 1.807) is 4.57 Å². The maximum Gasteiger partial charge on any atom is 0.434 e. The van der Waals surface area contributed by atoms with Crippen LogP contribution in [0.5, 0.6) is 0 Å². The number of aromatic nitrogens is 2. The van der Waals surface area contributed by atoms with Crippen LogP contribution >= 0.6 is 0 Å². The molecule has 4 nitrogen and oxygen atoms in total. The second kappa shape index (κ2) is 6.39. The Morgan fingerprint density at radius 2 is 2.08 bits per heavy atom. The lowest BCUT2D eigenvalue weighted by atomic mass is 9.97. The first kappa shape index (κ1) is 17.5. The summed E-state index contributed by atoms with van der Waals surface area (Å²) in [7, 11) is 1.99. The third-order valence-corrected chi connectivity index (χ3v) is 5.66. The molecule has 2 aromatic rings. The summed E-state index contributed by atoms with van der Waals surface area (Å²) in [5.74, 6) is 0.767. The van der Waals surface area contributed by atoms with Crippen molar-refractivity contribution in [3.05, 3.63) is 53.1 Å². The number of aliphatic hydroxyl groups is 1. The van der Waals surface area contributed by atoms with Gasteiger partial charge in [-0.25, -0.2) is 4.98 Å². The Balaban J connectivity index is 1.42. The Morgan fingerprint density at radius 1 is 1.31 bits per heavy atom. The summed E-state index contributed by atoms with van der Waals surface area (Å²) in [4.78, 5) is 5.89. The summed E-state index contributed by atoms with van der Waals surface area (Å²) in [6.45, 7) is 1.28. The number of hydrogen-bond donors (Lipinski definition) is 1. The van der Waals surface area contributed by atoms with Gasteiger partial charge in [0.15, 0.2) is 5.69 Å². The van der Waals surface area contributed by atoms with Gasteiger partial charge in [0.1, 0.15) is 5.82 Å². The fourth-order valence-corrected chi connectivity index (χ4v) is 4.29. The Kier molecular flexibility index (Phi) is 4.31. The fraction of sp³-hybridized carbons (Fsp3) is 0.526. The lowest BCUT2D eigenvalue weighted by Crippen LogP contribution is -2.40. The second-order valence-electron chi connectivity index (χ2n) is 7.45. The zero-order valence-electron chi connectivity index (χ0n) is 14.6. The highest BCUT2D eigenvalue weighted by Crippen LogP contribution is 2.35. The minimum atomic E-state index is -4.39. The number of aliphatic hydroxyl groups excluding tert-OH is 1. The predicted octanol–water partition coefficient (Wildman–Crippen LogP) is 3.05.